The number of imide groups is 1. The fourth-order valence-electron chi connectivity index (χ4n) is 0.603. The Hall–Kier alpha value is -0.01000. The van der Waals surface area contributed by atoms with Crippen LogP contribution in [0.1, 0.15) is 0 Å². The highest BCUT2D eigenvalue weighted by Crippen LogP contribution is 2.42. The van der Waals surface area contributed by atoms with Gasteiger partial charge in [0.2, 0.25) is 0 Å². The summed E-state index contributed by atoms with van der Waals surface area (Å²) < 4.78 is 10.5. The molecule has 0 aromatic rings. The SMILES string of the molecule is O=C(N(CP(=O)(O)O)C(=O)P(O)O)P(O)O. The highest BCUT2D eigenvalue weighted by atomic mass is 31.2. The minimum absolute atomic E-state index is 0.293. The standard InChI is InChI=1S/C3H8NO9P3/c5-2(14(7)8)4(1-16(11,12)13)3(6)15(9)10/h7-10H,1H2,(H2,11,12,13). The zero-order valence-electron chi connectivity index (χ0n) is 7.40. The molecule has 94 valence electrons. The van der Waals surface area contributed by atoms with E-state index in [0.29, 0.717) is 0 Å². The molecule has 0 aliphatic rings. The molecule has 6 N–H and O–H groups in total. The maximum absolute atomic E-state index is 10.9. The molecule has 0 fully saturated rings. The van der Waals surface area contributed by atoms with Crippen molar-refractivity contribution >= 4 is 35.6 Å². The summed E-state index contributed by atoms with van der Waals surface area (Å²) in [6, 6.07) is 0. The average Bonchev–Trinajstić information content (AvgIpc) is 2.10. The number of hydrogen-bond donors (Lipinski definition) is 6. The van der Waals surface area contributed by atoms with Crippen LogP contribution in [0, 0.1) is 0 Å². The number of rotatable bonds is 4. The van der Waals surface area contributed by atoms with Gasteiger partial charge in [0, 0.05) is 0 Å². The normalized spacial score (nSPS) is 12.0. The molecular weight excluding hydrogens is 287 g/mol. The van der Waals surface area contributed by atoms with Gasteiger partial charge in [-0.3, -0.25) is 19.1 Å². The van der Waals surface area contributed by atoms with Gasteiger partial charge in [-0.05, 0) is 0 Å². The lowest BCUT2D eigenvalue weighted by Crippen LogP contribution is -2.33. The average molecular weight is 295 g/mol. The lowest BCUT2D eigenvalue weighted by molar-refractivity contribution is 0.210. The van der Waals surface area contributed by atoms with Crippen molar-refractivity contribution in [3.63, 3.8) is 0 Å². The molecular formula is C3H8NO9P3. The Balaban J connectivity index is 4.99. The maximum Gasteiger partial charge on any atom is 0.345 e. The highest BCUT2D eigenvalue weighted by Gasteiger charge is 2.36. The summed E-state index contributed by atoms with van der Waals surface area (Å²) in [7, 11) is -11.4. The first kappa shape index (κ1) is 16.0. The van der Waals surface area contributed by atoms with Gasteiger partial charge < -0.3 is 29.4 Å². The molecule has 0 saturated carbocycles. The predicted octanol–water partition coefficient (Wildman–Crippen LogP) is -0.743. The minimum Gasteiger partial charge on any atom is -0.343 e. The molecule has 0 aromatic heterocycles. The molecule has 0 bridgehead atoms. The van der Waals surface area contributed by atoms with Gasteiger partial charge in [-0.2, -0.15) is 0 Å². The summed E-state index contributed by atoms with van der Waals surface area (Å²) in [6.07, 6.45) is -1.45. The van der Waals surface area contributed by atoms with E-state index in [1.807, 2.05) is 0 Å². The van der Waals surface area contributed by atoms with Crippen LogP contribution in [0.15, 0.2) is 0 Å². The molecule has 0 unspecified atom stereocenters. The van der Waals surface area contributed by atoms with Crippen LogP contribution in [0.5, 0.6) is 0 Å². The molecule has 0 radical (unpaired) electrons. The van der Waals surface area contributed by atoms with Gasteiger partial charge in [0.05, 0.1) is 0 Å². The second-order valence-corrected chi connectivity index (χ2v) is 5.91. The zero-order chi connectivity index (χ0) is 13.1. The second-order valence-electron chi connectivity index (χ2n) is 2.38. The van der Waals surface area contributed by atoms with Crippen LogP contribution in [-0.2, 0) is 4.57 Å². The summed E-state index contributed by atoms with van der Waals surface area (Å²) in [5, 5.41) is 0. The Bertz CT molecular complexity index is 302. The van der Waals surface area contributed by atoms with Crippen LogP contribution in [0.2, 0.25) is 0 Å². The van der Waals surface area contributed by atoms with Gasteiger partial charge in [0.1, 0.15) is 6.29 Å². The molecule has 10 nitrogen and oxygen atoms in total. The molecule has 0 aliphatic carbocycles. The van der Waals surface area contributed by atoms with Crippen molar-refractivity contribution < 1.29 is 43.5 Å². The number of carbonyl (C=O) groups excluding carboxylic acids is 2. The molecule has 13 heteroatoms. The number of nitrogens with zero attached hydrogens (tertiary/aromatic N) is 1. The van der Waals surface area contributed by atoms with Crippen LogP contribution in [0.3, 0.4) is 0 Å². The summed E-state index contributed by atoms with van der Waals surface area (Å²) in [5.74, 6) is 0. The topological polar surface area (TPSA) is 176 Å². The first-order chi connectivity index (χ1) is 7.06. The van der Waals surface area contributed by atoms with Crippen molar-refractivity contribution in [2.24, 2.45) is 0 Å². The summed E-state index contributed by atoms with van der Waals surface area (Å²) >= 11 is 0. The zero-order valence-corrected chi connectivity index (χ0v) is 10.1. The van der Waals surface area contributed by atoms with Gasteiger partial charge in [-0.15, -0.1) is 0 Å². The quantitative estimate of drug-likeness (QED) is 0.364. The van der Waals surface area contributed by atoms with Gasteiger partial charge in [-0.25, -0.2) is 0 Å². The van der Waals surface area contributed by atoms with Crippen molar-refractivity contribution in [2.45, 2.75) is 0 Å². The van der Waals surface area contributed by atoms with E-state index >= 15 is 0 Å². The molecule has 2 amide bonds. The van der Waals surface area contributed by atoms with Crippen LogP contribution < -0.4 is 0 Å². The Morgan fingerprint density at radius 2 is 1.31 bits per heavy atom. The van der Waals surface area contributed by atoms with Gasteiger partial charge in [0.15, 0.2) is 0 Å². The molecule has 0 saturated heterocycles. The molecule has 0 spiro atoms. The third-order valence-electron chi connectivity index (χ3n) is 1.13. The van der Waals surface area contributed by atoms with E-state index in [1.54, 1.807) is 0 Å². The van der Waals surface area contributed by atoms with Crippen LogP contribution >= 0.6 is 24.3 Å². The fraction of sp³-hybridized carbons (Fsp3) is 0.333. The van der Waals surface area contributed by atoms with Crippen LogP contribution in [-0.4, -0.2) is 51.8 Å². The second kappa shape index (κ2) is 6.07. The molecule has 0 heterocycles. The summed E-state index contributed by atoms with van der Waals surface area (Å²) in [6.45, 7) is 0. The van der Waals surface area contributed by atoms with Gasteiger partial charge >= 0.3 is 18.9 Å². The Kier molecular flexibility index (Phi) is 6.06. The summed E-state index contributed by atoms with van der Waals surface area (Å²) in [4.78, 5) is 72.5. The molecule has 0 rings (SSSR count). The monoisotopic (exact) mass is 295 g/mol. The van der Waals surface area contributed by atoms with E-state index < -0.39 is 41.9 Å². The lowest BCUT2D eigenvalue weighted by atomic mass is 10.9. The Morgan fingerprint density at radius 3 is 1.50 bits per heavy atom. The van der Waals surface area contributed by atoms with Crippen molar-refractivity contribution in [1.82, 2.24) is 4.90 Å². The maximum atomic E-state index is 10.9. The van der Waals surface area contributed by atoms with Crippen molar-refractivity contribution in [2.75, 3.05) is 6.29 Å². The van der Waals surface area contributed by atoms with Crippen LogP contribution in [0.4, 0.5) is 9.59 Å². The van der Waals surface area contributed by atoms with E-state index in [4.69, 9.17) is 29.4 Å². The summed E-state index contributed by atoms with van der Waals surface area (Å²) in [5.41, 5.74) is -3.39. The largest absolute Gasteiger partial charge is 0.345 e. The highest BCUT2D eigenvalue weighted by molar-refractivity contribution is 7.67. The van der Waals surface area contributed by atoms with Crippen molar-refractivity contribution in [1.29, 1.82) is 0 Å². The predicted molar refractivity (Wildman–Crippen MR) is 52.3 cm³/mol. The molecule has 0 aromatic carbocycles. The third kappa shape index (κ3) is 5.36. The van der Waals surface area contributed by atoms with E-state index in [1.165, 1.54) is 0 Å². The Labute approximate surface area is 91.1 Å². The molecule has 16 heavy (non-hydrogen) atoms. The third-order valence-corrected chi connectivity index (χ3v) is 2.95. The van der Waals surface area contributed by atoms with Crippen molar-refractivity contribution in [3.05, 3.63) is 0 Å². The van der Waals surface area contributed by atoms with E-state index in [0.717, 1.165) is 0 Å². The smallest absolute Gasteiger partial charge is 0.343 e. The minimum atomic E-state index is -4.85. The van der Waals surface area contributed by atoms with Crippen LogP contribution in [0.25, 0.3) is 0 Å². The molecule has 0 aliphatic heterocycles. The van der Waals surface area contributed by atoms with Gasteiger partial charge in [0.25, 0.3) is 16.8 Å². The Morgan fingerprint density at radius 1 is 1.00 bits per heavy atom. The van der Waals surface area contributed by atoms with E-state index in [9.17, 15) is 14.2 Å². The first-order valence-corrected chi connectivity index (χ1v) is 7.61. The van der Waals surface area contributed by atoms with Crippen molar-refractivity contribution in [3.8, 4) is 0 Å². The number of hydrogen-bond acceptors (Lipinski definition) is 7. The lowest BCUT2D eigenvalue weighted by Gasteiger charge is -2.21. The number of carbonyl (C=O) groups is 2. The fourth-order valence-corrected chi connectivity index (χ4v) is 2.29. The van der Waals surface area contributed by atoms with Gasteiger partial charge in [-0.1, -0.05) is 0 Å². The van der Waals surface area contributed by atoms with E-state index in [2.05, 4.69) is 0 Å². The first-order valence-electron chi connectivity index (χ1n) is 3.32. The van der Waals surface area contributed by atoms with E-state index in [-0.39, 0.29) is 4.90 Å². The number of amides is 2. The molecule has 0 atom stereocenters.